The van der Waals surface area contributed by atoms with Gasteiger partial charge in [0, 0.05) is 23.9 Å². The highest BCUT2D eigenvalue weighted by atomic mass is 32.1. The molecule has 16 heavy (non-hydrogen) atoms. The van der Waals surface area contributed by atoms with Gasteiger partial charge >= 0.3 is 0 Å². The Bertz CT molecular complexity index is 336. The molecular weight excluding hydrogens is 224 g/mol. The van der Waals surface area contributed by atoms with Crippen molar-refractivity contribution in [3.63, 3.8) is 0 Å². The molecule has 0 bridgehead atoms. The van der Waals surface area contributed by atoms with E-state index in [4.69, 9.17) is 5.73 Å². The average Bonchev–Trinajstić information content (AvgIpc) is 2.67. The second kappa shape index (κ2) is 5.43. The van der Waals surface area contributed by atoms with Crippen LogP contribution in [0, 0.1) is 0 Å². The first-order chi connectivity index (χ1) is 7.42. The highest BCUT2D eigenvalue weighted by molar-refractivity contribution is 7.10. The van der Waals surface area contributed by atoms with Crippen LogP contribution in [0.25, 0.3) is 0 Å². The lowest BCUT2D eigenvalue weighted by Gasteiger charge is -2.24. The van der Waals surface area contributed by atoms with Crippen LogP contribution in [0.2, 0.25) is 0 Å². The third-order valence-corrected chi connectivity index (χ3v) is 3.48. The number of rotatable bonds is 6. The maximum atomic E-state index is 10.7. The summed E-state index contributed by atoms with van der Waals surface area (Å²) >= 11 is 1.51. The number of carbonyl (C=O) groups excluding carboxylic acids is 1. The number of nitrogens with one attached hydrogen (secondary N) is 1. The second-order valence-electron chi connectivity index (χ2n) is 4.20. The molecule has 1 aromatic heterocycles. The van der Waals surface area contributed by atoms with Crippen molar-refractivity contribution in [3.05, 3.63) is 22.4 Å². The molecule has 1 amide bonds. The Hall–Kier alpha value is -0.910. The van der Waals surface area contributed by atoms with Crippen molar-refractivity contribution in [3.8, 4) is 0 Å². The van der Waals surface area contributed by atoms with Crippen molar-refractivity contribution in [1.29, 1.82) is 0 Å². The Kier molecular flexibility index (Phi) is 4.46. The number of carbonyl (C=O) groups is 1. The minimum atomic E-state index is -0.903. The third-order valence-electron chi connectivity index (χ3n) is 2.35. The number of nitrogens with two attached hydrogens (primary N) is 1. The summed E-state index contributed by atoms with van der Waals surface area (Å²) in [6, 6.07) is 3.77. The van der Waals surface area contributed by atoms with Gasteiger partial charge in [-0.15, -0.1) is 11.3 Å². The zero-order valence-electron chi connectivity index (χ0n) is 9.56. The molecule has 0 saturated carbocycles. The summed E-state index contributed by atoms with van der Waals surface area (Å²) in [6.07, 6.45) is 0.278. The van der Waals surface area contributed by atoms with Gasteiger partial charge in [0.05, 0.1) is 0 Å². The van der Waals surface area contributed by atoms with Gasteiger partial charge in [0.1, 0.15) is 5.60 Å². The standard InChI is InChI=1S/C11H18N2O2S/c1-8(6-10(12)14)13-7-11(2,15)9-4-3-5-16-9/h3-5,8,13,15H,6-7H2,1-2H3,(H2,12,14). The molecule has 2 unspecified atom stereocenters. The minimum Gasteiger partial charge on any atom is -0.383 e. The van der Waals surface area contributed by atoms with Crippen molar-refractivity contribution < 1.29 is 9.90 Å². The van der Waals surface area contributed by atoms with Gasteiger partial charge in [-0.2, -0.15) is 0 Å². The fraction of sp³-hybridized carbons (Fsp3) is 0.545. The molecule has 0 aromatic carbocycles. The zero-order chi connectivity index (χ0) is 12.2. The van der Waals surface area contributed by atoms with E-state index in [2.05, 4.69) is 5.32 Å². The fourth-order valence-electron chi connectivity index (χ4n) is 1.42. The summed E-state index contributed by atoms with van der Waals surface area (Å²) in [6.45, 7) is 4.03. The zero-order valence-corrected chi connectivity index (χ0v) is 10.4. The van der Waals surface area contributed by atoms with E-state index in [1.165, 1.54) is 11.3 Å². The molecule has 0 aliphatic carbocycles. The van der Waals surface area contributed by atoms with Crippen LogP contribution in [-0.4, -0.2) is 23.6 Å². The van der Waals surface area contributed by atoms with Crippen LogP contribution >= 0.6 is 11.3 Å². The number of thiophene rings is 1. The number of hydrogen-bond donors (Lipinski definition) is 3. The molecular formula is C11H18N2O2S. The maximum Gasteiger partial charge on any atom is 0.218 e. The van der Waals surface area contributed by atoms with E-state index in [0.29, 0.717) is 6.54 Å². The Labute approximate surface area is 99.5 Å². The highest BCUT2D eigenvalue weighted by Gasteiger charge is 2.24. The summed E-state index contributed by atoms with van der Waals surface area (Å²) in [5.41, 5.74) is 4.19. The van der Waals surface area contributed by atoms with E-state index in [0.717, 1.165) is 4.88 Å². The molecule has 1 heterocycles. The molecule has 4 N–H and O–H groups in total. The predicted octanol–water partition coefficient (Wildman–Crippen LogP) is 0.809. The van der Waals surface area contributed by atoms with Crippen molar-refractivity contribution in [1.82, 2.24) is 5.32 Å². The van der Waals surface area contributed by atoms with E-state index in [-0.39, 0.29) is 18.4 Å². The Morgan fingerprint density at radius 1 is 1.75 bits per heavy atom. The van der Waals surface area contributed by atoms with Crippen LogP contribution < -0.4 is 11.1 Å². The van der Waals surface area contributed by atoms with Crippen molar-refractivity contribution in [2.45, 2.75) is 31.9 Å². The molecule has 0 radical (unpaired) electrons. The molecule has 90 valence electrons. The first kappa shape index (κ1) is 13.2. The van der Waals surface area contributed by atoms with Gasteiger partial charge in [0.15, 0.2) is 0 Å². The largest absolute Gasteiger partial charge is 0.383 e. The summed E-state index contributed by atoms with van der Waals surface area (Å²) in [5.74, 6) is -0.337. The van der Waals surface area contributed by atoms with E-state index in [1.807, 2.05) is 24.4 Å². The van der Waals surface area contributed by atoms with Gasteiger partial charge in [-0.05, 0) is 25.3 Å². The summed E-state index contributed by atoms with van der Waals surface area (Å²) in [4.78, 5) is 11.6. The maximum absolute atomic E-state index is 10.7. The molecule has 1 aromatic rings. The molecule has 5 heteroatoms. The lowest BCUT2D eigenvalue weighted by molar-refractivity contribution is -0.118. The smallest absolute Gasteiger partial charge is 0.218 e. The molecule has 0 aliphatic heterocycles. The van der Waals surface area contributed by atoms with Gasteiger partial charge in [-0.3, -0.25) is 4.79 Å². The molecule has 0 spiro atoms. The van der Waals surface area contributed by atoms with Gasteiger partial charge in [-0.1, -0.05) is 6.07 Å². The SMILES string of the molecule is CC(CC(N)=O)NCC(C)(O)c1cccs1. The normalized spacial score (nSPS) is 16.7. The molecule has 0 saturated heterocycles. The highest BCUT2D eigenvalue weighted by Crippen LogP contribution is 2.24. The summed E-state index contributed by atoms with van der Waals surface area (Å²) < 4.78 is 0. The molecule has 4 nitrogen and oxygen atoms in total. The van der Waals surface area contributed by atoms with E-state index >= 15 is 0 Å². The Morgan fingerprint density at radius 2 is 2.44 bits per heavy atom. The van der Waals surface area contributed by atoms with Crippen LogP contribution in [0.15, 0.2) is 17.5 Å². The number of hydrogen-bond acceptors (Lipinski definition) is 4. The number of primary amides is 1. The third kappa shape index (κ3) is 3.92. The monoisotopic (exact) mass is 242 g/mol. The number of aliphatic hydroxyl groups is 1. The van der Waals surface area contributed by atoms with Gasteiger partial charge < -0.3 is 16.2 Å². The van der Waals surface area contributed by atoms with Crippen molar-refractivity contribution in [2.24, 2.45) is 5.73 Å². The lowest BCUT2D eigenvalue weighted by atomic mass is 10.0. The molecule has 0 aliphatic rings. The number of amides is 1. The van der Waals surface area contributed by atoms with E-state index in [9.17, 15) is 9.90 Å². The minimum absolute atomic E-state index is 0.0241. The van der Waals surface area contributed by atoms with Crippen LogP contribution in [0.1, 0.15) is 25.1 Å². The predicted molar refractivity (Wildman–Crippen MR) is 65.2 cm³/mol. The second-order valence-corrected chi connectivity index (χ2v) is 5.15. The summed E-state index contributed by atoms with van der Waals surface area (Å²) in [5, 5.41) is 15.2. The van der Waals surface area contributed by atoms with Crippen LogP contribution in [0.3, 0.4) is 0 Å². The lowest BCUT2D eigenvalue weighted by Crippen LogP contribution is -2.40. The van der Waals surface area contributed by atoms with E-state index < -0.39 is 5.60 Å². The first-order valence-electron chi connectivity index (χ1n) is 5.20. The Morgan fingerprint density at radius 3 is 2.94 bits per heavy atom. The van der Waals surface area contributed by atoms with Crippen LogP contribution in [-0.2, 0) is 10.4 Å². The molecule has 0 fully saturated rings. The van der Waals surface area contributed by atoms with Crippen molar-refractivity contribution in [2.75, 3.05) is 6.54 Å². The Balaban J connectivity index is 2.45. The quantitative estimate of drug-likeness (QED) is 0.691. The topological polar surface area (TPSA) is 75.4 Å². The van der Waals surface area contributed by atoms with Gasteiger partial charge in [0.25, 0.3) is 0 Å². The van der Waals surface area contributed by atoms with E-state index in [1.54, 1.807) is 6.92 Å². The van der Waals surface area contributed by atoms with Crippen LogP contribution in [0.4, 0.5) is 0 Å². The summed E-state index contributed by atoms with van der Waals surface area (Å²) in [7, 11) is 0. The van der Waals surface area contributed by atoms with Crippen LogP contribution in [0.5, 0.6) is 0 Å². The average molecular weight is 242 g/mol. The van der Waals surface area contributed by atoms with Gasteiger partial charge in [-0.25, -0.2) is 0 Å². The van der Waals surface area contributed by atoms with Gasteiger partial charge in [0.2, 0.25) is 5.91 Å². The first-order valence-corrected chi connectivity index (χ1v) is 6.08. The van der Waals surface area contributed by atoms with Crippen molar-refractivity contribution >= 4 is 17.2 Å². The molecule has 2 atom stereocenters. The fourth-order valence-corrected chi connectivity index (χ4v) is 2.21. The molecule has 1 rings (SSSR count).